The minimum atomic E-state index is 0.136. The highest BCUT2D eigenvalue weighted by molar-refractivity contribution is 5.98. The topological polar surface area (TPSA) is 43.1 Å². The van der Waals surface area contributed by atoms with Gasteiger partial charge < -0.3 is 5.73 Å². The van der Waals surface area contributed by atoms with Gasteiger partial charge in [-0.2, -0.15) is 0 Å². The summed E-state index contributed by atoms with van der Waals surface area (Å²) in [5.41, 5.74) is 7.30. The van der Waals surface area contributed by atoms with Gasteiger partial charge in [-0.3, -0.25) is 4.79 Å². The van der Waals surface area contributed by atoms with Gasteiger partial charge in [0, 0.05) is 17.2 Å². The van der Waals surface area contributed by atoms with Crippen molar-refractivity contribution in [2.45, 2.75) is 39.5 Å². The number of hydrogen-bond donors (Lipinski definition) is 1. The molecule has 0 radical (unpaired) electrons. The standard InChI is InChI=1S/C15H21NO/c1-15(2)10-4-3-5-13(15)14(17)11-6-8-12(16)9-7-11/h6-9,13H,3-5,10,16H2,1-2H3. The Balaban J connectivity index is 2.21. The van der Waals surface area contributed by atoms with Crippen LogP contribution in [0.2, 0.25) is 0 Å². The summed E-state index contributed by atoms with van der Waals surface area (Å²) in [6.45, 7) is 4.43. The molecule has 1 aromatic rings. The fraction of sp³-hybridized carbons (Fsp3) is 0.533. The van der Waals surface area contributed by atoms with Crippen LogP contribution in [0, 0.1) is 11.3 Å². The average molecular weight is 231 g/mol. The van der Waals surface area contributed by atoms with E-state index in [-0.39, 0.29) is 17.1 Å². The van der Waals surface area contributed by atoms with Crippen LogP contribution in [0.5, 0.6) is 0 Å². The highest BCUT2D eigenvalue weighted by atomic mass is 16.1. The van der Waals surface area contributed by atoms with E-state index in [1.807, 2.05) is 24.3 Å². The first-order chi connectivity index (χ1) is 8.00. The van der Waals surface area contributed by atoms with E-state index >= 15 is 0 Å². The first-order valence-electron chi connectivity index (χ1n) is 6.40. The van der Waals surface area contributed by atoms with Crippen molar-refractivity contribution in [3.05, 3.63) is 29.8 Å². The Morgan fingerprint density at radius 3 is 2.47 bits per heavy atom. The average Bonchev–Trinajstić information content (AvgIpc) is 2.28. The summed E-state index contributed by atoms with van der Waals surface area (Å²) in [4.78, 5) is 12.5. The summed E-state index contributed by atoms with van der Waals surface area (Å²) >= 11 is 0. The van der Waals surface area contributed by atoms with E-state index in [0.29, 0.717) is 5.69 Å². The molecule has 0 bridgehead atoms. The van der Waals surface area contributed by atoms with Crippen LogP contribution in [0.25, 0.3) is 0 Å². The second-order valence-corrected chi connectivity index (χ2v) is 5.77. The normalized spacial score (nSPS) is 23.3. The number of hydrogen-bond acceptors (Lipinski definition) is 2. The third kappa shape index (κ3) is 2.51. The van der Waals surface area contributed by atoms with Gasteiger partial charge in [0.05, 0.1) is 0 Å². The molecule has 2 heteroatoms. The number of nitrogen functional groups attached to an aromatic ring is 1. The van der Waals surface area contributed by atoms with Crippen molar-refractivity contribution in [3.63, 3.8) is 0 Å². The van der Waals surface area contributed by atoms with Gasteiger partial charge in [-0.25, -0.2) is 0 Å². The van der Waals surface area contributed by atoms with Crippen LogP contribution >= 0.6 is 0 Å². The minimum Gasteiger partial charge on any atom is -0.399 e. The Labute approximate surface area is 103 Å². The predicted molar refractivity (Wildman–Crippen MR) is 70.9 cm³/mol. The third-order valence-corrected chi connectivity index (χ3v) is 4.02. The Kier molecular flexibility index (Phi) is 3.23. The number of Topliss-reactive ketones (excluding diaryl/α,β-unsaturated/α-hetero) is 1. The molecule has 0 amide bonds. The maximum Gasteiger partial charge on any atom is 0.166 e. The number of nitrogens with two attached hydrogens (primary N) is 1. The molecule has 1 fully saturated rings. The monoisotopic (exact) mass is 231 g/mol. The molecule has 2 nitrogen and oxygen atoms in total. The van der Waals surface area contributed by atoms with Gasteiger partial charge in [0.25, 0.3) is 0 Å². The lowest BCUT2D eigenvalue weighted by Crippen LogP contribution is -2.34. The zero-order valence-electron chi connectivity index (χ0n) is 10.7. The maximum absolute atomic E-state index is 12.5. The van der Waals surface area contributed by atoms with Crippen LogP contribution in [-0.2, 0) is 0 Å². The van der Waals surface area contributed by atoms with E-state index in [9.17, 15) is 4.79 Å². The van der Waals surface area contributed by atoms with Crippen molar-refractivity contribution in [1.82, 2.24) is 0 Å². The summed E-state index contributed by atoms with van der Waals surface area (Å²) in [7, 11) is 0. The second-order valence-electron chi connectivity index (χ2n) is 5.77. The van der Waals surface area contributed by atoms with E-state index in [0.717, 1.165) is 18.4 Å². The zero-order valence-corrected chi connectivity index (χ0v) is 10.7. The largest absolute Gasteiger partial charge is 0.399 e. The van der Waals surface area contributed by atoms with Gasteiger partial charge in [-0.1, -0.05) is 26.7 Å². The van der Waals surface area contributed by atoms with Crippen molar-refractivity contribution < 1.29 is 4.79 Å². The number of benzene rings is 1. The predicted octanol–water partition coefficient (Wildman–Crippen LogP) is 3.67. The van der Waals surface area contributed by atoms with Crippen molar-refractivity contribution >= 4 is 11.5 Å². The highest BCUT2D eigenvalue weighted by Gasteiger charge is 2.37. The highest BCUT2D eigenvalue weighted by Crippen LogP contribution is 2.42. The first kappa shape index (κ1) is 12.2. The molecule has 1 unspecified atom stereocenters. The van der Waals surface area contributed by atoms with E-state index in [1.54, 1.807) is 0 Å². The minimum absolute atomic E-state index is 0.136. The molecule has 17 heavy (non-hydrogen) atoms. The lowest BCUT2D eigenvalue weighted by molar-refractivity contribution is 0.0697. The Morgan fingerprint density at radius 1 is 1.24 bits per heavy atom. The Morgan fingerprint density at radius 2 is 1.88 bits per heavy atom. The van der Waals surface area contributed by atoms with Crippen LogP contribution < -0.4 is 5.73 Å². The number of anilines is 1. The van der Waals surface area contributed by atoms with Gasteiger partial charge in [0.1, 0.15) is 0 Å². The molecule has 1 aliphatic rings. The number of carbonyl (C=O) groups is 1. The SMILES string of the molecule is CC1(C)CCCCC1C(=O)c1ccc(N)cc1. The molecule has 0 spiro atoms. The smallest absolute Gasteiger partial charge is 0.166 e. The van der Waals surface area contributed by atoms with Gasteiger partial charge in [0.2, 0.25) is 0 Å². The summed E-state index contributed by atoms with van der Waals surface area (Å²) in [5.74, 6) is 0.453. The molecule has 2 rings (SSSR count). The lowest BCUT2D eigenvalue weighted by atomic mass is 9.66. The molecular weight excluding hydrogens is 210 g/mol. The van der Waals surface area contributed by atoms with Crippen molar-refractivity contribution in [2.24, 2.45) is 11.3 Å². The Hall–Kier alpha value is -1.31. The lowest BCUT2D eigenvalue weighted by Gasteiger charge is -2.37. The van der Waals surface area contributed by atoms with Gasteiger partial charge in [-0.05, 0) is 42.5 Å². The van der Waals surface area contributed by atoms with Crippen LogP contribution in [0.1, 0.15) is 49.9 Å². The van der Waals surface area contributed by atoms with Crippen LogP contribution in [-0.4, -0.2) is 5.78 Å². The summed E-state index contributed by atoms with van der Waals surface area (Å²) in [6.07, 6.45) is 4.60. The molecule has 0 saturated heterocycles. The van der Waals surface area contributed by atoms with Gasteiger partial charge >= 0.3 is 0 Å². The zero-order chi connectivity index (χ0) is 12.5. The molecule has 2 N–H and O–H groups in total. The quantitative estimate of drug-likeness (QED) is 0.623. The number of ketones is 1. The van der Waals surface area contributed by atoms with E-state index in [1.165, 1.54) is 12.8 Å². The molecule has 1 aliphatic carbocycles. The molecule has 1 aromatic carbocycles. The molecule has 1 saturated carbocycles. The van der Waals surface area contributed by atoms with Gasteiger partial charge in [-0.15, -0.1) is 0 Å². The van der Waals surface area contributed by atoms with Gasteiger partial charge in [0.15, 0.2) is 5.78 Å². The van der Waals surface area contributed by atoms with Crippen LogP contribution in [0.3, 0.4) is 0 Å². The first-order valence-corrected chi connectivity index (χ1v) is 6.40. The molecule has 1 atom stereocenters. The summed E-state index contributed by atoms with van der Waals surface area (Å²) < 4.78 is 0. The van der Waals surface area contributed by atoms with E-state index < -0.39 is 0 Å². The third-order valence-electron chi connectivity index (χ3n) is 4.02. The van der Waals surface area contributed by atoms with E-state index in [2.05, 4.69) is 13.8 Å². The van der Waals surface area contributed by atoms with Crippen molar-refractivity contribution in [1.29, 1.82) is 0 Å². The molecular formula is C15H21NO. The molecule has 0 aliphatic heterocycles. The summed E-state index contributed by atoms with van der Waals surface area (Å²) in [5, 5.41) is 0. The molecule has 92 valence electrons. The fourth-order valence-corrected chi connectivity index (χ4v) is 2.83. The van der Waals surface area contributed by atoms with Crippen LogP contribution in [0.15, 0.2) is 24.3 Å². The van der Waals surface area contributed by atoms with Crippen molar-refractivity contribution in [3.8, 4) is 0 Å². The Bertz CT molecular complexity index is 405. The number of rotatable bonds is 2. The van der Waals surface area contributed by atoms with Crippen LogP contribution in [0.4, 0.5) is 5.69 Å². The van der Waals surface area contributed by atoms with E-state index in [4.69, 9.17) is 5.73 Å². The van der Waals surface area contributed by atoms with Crippen molar-refractivity contribution in [2.75, 3.05) is 5.73 Å². The molecule has 0 aromatic heterocycles. The molecule has 0 heterocycles. The fourth-order valence-electron chi connectivity index (χ4n) is 2.83. The second kappa shape index (κ2) is 4.52. The maximum atomic E-state index is 12.5. The number of carbonyl (C=O) groups excluding carboxylic acids is 1. The summed E-state index contributed by atoms with van der Waals surface area (Å²) in [6, 6.07) is 7.32.